The van der Waals surface area contributed by atoms with Gasteiger partial charge in [0.1, 0.15) is 10.8 Å². The Morgan fingerprint density at radius 1 is 1.47 bits per heavy atom. The summed E-state index contributed by atoms with van der Waals surface area (Å²) >= 11 is 3.94. The van der Waals surface area contributed by atoms with Gasteiger partial charge in [-0.2, -0.15) is 12.6 Å². The van der Waals surface area contributed by atoms with Crippen molar-refractivity contribution < 1.29 is 14.0 Å². The smallest absolute Gasteiger partial charge is 0.273 e. The van der Waals surface area contributed by atoms with Gasteiger partial charge in [0.2, 0.25) is 11.7 Å². The highest BCUT2D eigenvalue weighted by molar-refractivity contribution is 7.81. The van der Waals surface area contributed by atoms with Crippen LogP contribution in [0.5, 0.6) is 0 Å². The van der Waals surface area contributed by atoms with Gasteiger partial charge in [0.05, 0.1) is 0 Å². The van der Waals surface area contributed by atoms with E-state index >= 15 is 0 Å². The third-order valence-corrected chi connectivity index (χ3v) is 2.35. The van der Waals surface area contributed by atoms with Gasteiger partial charge in [-0.15, -0.1) is 0 Å². The number of thiol groups is 1. The average molecular weight is 220 g/mol. The van der Waals surface area contributed by atoms with Crippen molar-refractivity contribution >= 4 is 35.8 Å². The number of carbonyl (C=O) groups is 1. The van der Waals surface area contributed by atoms with Crippen LogP contribution in [-0.4, -0.2) is 17.1 Å². The van der Waals surface area contributed by atoms with Crippen molar-refractivity contribution in [3.63, 3.8) is 0 Å². The third kappa shape index (κ3) is 1.78. The van der Waals surface area contributed by atoms with E-state index in [0.717, 1.165) is 0 Å². The number of hydrogen-bond donors (Lipinski definition) is 1. The van der Waals surface area contributed by atoms with Crippen LogP contribution >= 0.6 is 12.6 Å². The molecule has 15 heavy (non-hydrogen) atoms. The normalized spacial score (nSPS) is 12.6. The number of fused-ring (bicyclic) bond motifs is 1. The van der Waals surface area contributed by atoms with E-state index in [1.165, 1.54) is 6.29 Å². The summed E-state index contributed by atoms with van der Waals surface area (Å²) in [5.41, 5.74) is 1.19. The Kier molecular flexibility index (Phi) is 2.55. The second kappa shape index (κ2) is 3.86. The molecular formula is C10H6NO3S. The Morgan fingerprint density at radius 2 is 2.20 bits per heavy atom. The number of carbonyl (C=O) groups excluding carboxylic acids is 2. The van der Waals surface area contributed by atoms with Gasteiger partial charge < -0.3 is 4.42 Å². The molecule has 1 aromatic carbocycles. The third-order valence-electron chi connectivity index (χ3n) is 1.89. The Morgan fingerprint density at radius 3 is 2.87 bits per heavy atom. The highest BCUT2D eigenvalue weighted by Gasteiger charge is 2.21. The number of para-hydroxylation sites is 2. The summed E-state index contributed by atoms with van der Waals surface area (Å²) in [5, 5.41) is -0.977. The Hall–Kier alpha value is -1.62. The molecular weight excluding hydrogens is 214 g/mol. The highest BCUT2D eigenvalue weighted by atomic mass is 32.1. The van der Waals surface area contributed by atoms with Gasteiger partial charge in [-0.1, -0.05) is 12.1 Å². The van der Waals surface area contributed by atoms with Crippen molar-refractivity contribution in [2.45, 2.75) is 5.25 Å². The number of ketones is 1. The molecule has 0 aliphatic heterocycles. The molecule has 2 rings (SSSR count). The minimum Gasteiger partial charge on any atom is -0.439 e. The zero-order valence-corrected chi connectivity index (χ0v) is 8.40. The van der Waals surface area contributed by atoms with Gasteiger partial charge >= 0.3 is 0 Å². The first-order valence-electron chi connectivity index (χ1n) is 4.18. The zero-order chi connectivity index (χ0) is 10.8. The predicted octanol–water partition coefficient (Wildman–Crippen LogP) is 1.48. The molecule has 1 aromatic heterocycles. The van der Waals surface area contributed by atoms with Crippen LogP contribution in [0.4, 0.5) is 0 Å². The molecule has 0 fully saturated rings. The molecule has 1 unspecified atom stereocenters. The first kappa shape index (κ1) is 9.92. The van der Waals surface area contributed by atoms with Gasteiger partial charge in [0, 0.05) is 0 Å². The Labute approximate surface area is 90.7 Å². The van der Waals surface area contributed by atoms with E-state index in [0.29, 0.717) is 11.1 Å². The van der Waals surface area contributed by atoms with Gasteiger partial charge in [0.25, 0.3) is 6.29 Å². The summed E-state index contributed by atoms with van der Waals surface area (Å²) < 4.78 is 5.27. The quantitative estimate of drug-likeness (QED) is 0.628. The van der Waals surface area contributed by atoms with Crippen molar-refractivity contribution in [1.82, 2.24) is 4.98 Å². The van der Waals surface area contributed by atoms with E-state index in [1.54, 1.807) is 24.3 Å². The fourth-order valence-electron chi connectivity index (χ4n) is 1.17. The molecule has 1 atom stereocenters. The van der Waals surface area contributed by atoms with E-state index in [2.05, 4.69) is 17.6 Å². The molecule has 5 heteroatoms. The molecule has 0 saturated carbocycles. The summed E-state index contributed by atoms with van der Waals surface area (Å²) in [6.45, 7) is 0. The molecule has 0 spiro atoms. The highest BCUT2D eigenvalue weighted by Crippen LogP contribution is 2.24. The van der Waals surface area contributed by atoms with Crippen LogP contribution in [0.15, 0.2) is 28.7 Å². The van der Waals surface area contributed by atoms with Crippen molar-refractivity contribution in [3.8, 4) is 0 Å². The van der Waals surface area contributed by atoms with Crippen molar-refractivity contribution in [1.29, 1.82) is 0 Å². The molecule has 0 aliphatic carbocycles. The molecule has 0 aliphatic rings. The lowest BCUT2D eigenvalue weighted by Crippen LogP contribution is -2.07. The number of aromatic nitrogens is 1. The fourth-order valence-corrected chi connectivity index (χ4v) is 1.34. The van der Waals surface area contributed by atoms with E-state index in [1.807, 2.05) is 0 Å². The van der Waals surface area contributed by atoms with Crippen LogP contribution in [0.1, 0.15) is 11.1 Å². The van der Waals surface area contributed by atoms with Crippen molar-refractivity contribution in [3.05, 3.63) is 30.2 Å². The molecule has 4 nitrogen and oxygen atoms in total. The second-order valence-corrected chi connectivity index (χ2v) is 3.41. The number of benzene rings is 1. The maximum absolute atomic E-state index is 11.0. The van der Waals surface area contributed by atoms with E-state index in [9.17, 15) is 9.59 Å². The number of rotatable bonds is 3. The van der Waals surface area contributed by atoms with Crippen molar-refractivity contribution in [2.75, 3.05) is 0 Å². The molecule has 1 radical (unpaired) electrons. The van der Waals surface area contributed by atoms with Crippen LogP contribution in [0.25, 0.3) is 11.1 Å². The monoisotopic (exact) mass is 220 g/mol. The molecule has 75 valence electrons. The van der Waals surface area contributed by atoms with E-state index in [-0.39, 0.29) is 5.89 Å². The van der Waals surface area contributed by atoms with Gasteiger partial charge in [-0.25, -0.2) is 4.98 Å². The summed E-state index contributed by atoms with van der Waals surface area (Å²) in [5.74, 6) is -0.669. The summed E-state index contributed by atoms with van der Waals surface area (Å²) in [6.07, 6.45) is 1.24. The van der Waals surface area contributed by atoms with Crippen LogP contribution in [0.2, 0.25) is 0 Å². The Balaban J connectivity index is 2.44. The van der Waals surface area contributed by atoms with Gasteiger partial charge in [-0.05, 0) is 12.1 Å². The van der Waals surface area contributed by atoms with E-state index in [4.69, 9.17) is 4.42 Å². The molecule has 0 amide bonds. The van der Waals surface area contributed by atoms with E-state index < -0.39 is 11.0 Å². The van der Waals surface area contributed by atoms with Crippen LogP contribution < -0.4 is 0 Å². The lowest BCUT2D eigenvalue weighted by Gasteiger charge is -1.96. The maximum Gasteiger partial charge on any atom is 0.273 e. The van der Waals surface area contributed by atoms with Gasteiger partial charge in [-0.3, -0.25) is 9.59 Å². The second-order valence-electron chi connectivity index (χ2n) is 2.89. The van der Waals surface area contributed by atoms with Crippen LogP contribution in [0.3, 0.4) is 0 Å². The first-order chi connectivity index (χ1) is 7.22. The number of nitrogens with zero attached hydrogens (tertiary/aromatic N) is 1. The minimum atomic E-state index is -0.977. The molecule has 0 N–H and O–H groups in total. The standard InChI is InChI=1S/C10H6NO3S/c12-5-7(13)9(15)10-11-6-3-1-2-4-8(6)14-10/h1-4,9,15H. The lowest BCUT2D eigenvalue weighted by atomic mass is 10.3. The zero-order valence-electron chi connectivity index (χ0n) is 7.51. The molecule has 0 bridgehead atoms. The fraction of sp³-hybridized carbons (Fsp3) is 0.100. The minimum absolute atomic E-state index is 0.118. The topological polar surface area (TPSA) is 60.2 Å². The van der Waals surface area contributed by atoms with Crippen LogP contribution in [-0.2, 0) is 9.59 Å². The maximum atomic E-state index is 11.0. The molecule has 0 saturated heterocycles. The predicted molar refractivity (Wildman–Crippen MR) is 56.4 cm³/mol. The molecule has 1 heterocycles. The summed E-state index contributed by atoms with van der Waals surface area (Å²) in [4.78, 5) is 25.2. The summed E-state index contributed by atoms with van der Waals surface area (Å²) in [6, 6.07) is 7.06. The number of Topliss-reactive ketones (excluding diaryl/α,β-unsaturated/α-hetero) is 1. The lowest BCUT2D eigenvalue weighted by molar-refractivity contribution is -0.112. The summed E-state index contributed by atoms with van der Waals surface area (Å²) in [7, 11) is 0. The Bertz CT molecular complexity index is 487. The van der Waals surface area contributed by atoms with Gasteiger partial charge in [0.15, 0.2) is 5.58 Å². The van der Waals surface area contributed by atoms with Crippen LogP contribution in [0, 0.1) is 0 Å². The number of hydrogen-bond acceptors (Lipinski definition) is 5. The van der Waals surface area contributed by atoms with Crippen molar-refractivity contribution in [2.24, 2.45) is 0 Å². The number of oxazole rings is 1. The first-order valence-corrected chi connectivity index (χ1v) is 4.69. The SMILES string of the molecule is O=[C]C(=O)C(S)c1nc2ccccc2o1. The molecule has 2 aromatic rings. The largest absolute Gasteiger partial charge is 0.439 e. The average Bonchev–Trinajstić information content (AvgIpc) is 2.70.